The zero-order valence-corrected chi connectivity index (χ0v) is 11.7. The molecule has 1 saturated heterocycles. The van der Waals surface area contributed by atoms with Gasteiger partial charge in [0.15, 0.2) is 6.10 Å². The maximum atomic E-state index is 12.5. The van der Waals surface area contributed by atoms with Crippen LogP contribution in [0.5, 0.6) is 0 Å². The maximum absolute atomic E-state index is 12.5. The van der Waals surface area contributed by atoms with Crippen LogP contribution >= 0.6 is 0 Å². The molecule has 1 aliphatic carbocycles. The first-order valence-electron chi connectivity index (χ1n) is 7.28. The number of rotatable bonds is 3. The van der Waals surface area contributed by atoms with Crippen LogP contribution in [-0.2, 0) is 21.6 Å². The van der Waals surface area contributed by atoms with Crippen molar-refractivity contribution < 1.29 is 9.53 Å². The van der Waals surface area contributed by atoms with Gasteiger partial charge in [0, 0.05) is 13.1 Å². The van der Waals surface area contributed by atoms with Gasteiger partial charge in [0.25, 0.3) is 5.91 Å². The SMILES string of the molecule is CCN(CC)C(=O)C1OC12CCCc1ccccc12. The Labute approximate surface area is 114 Å². The molecule has 3 heteroatoms. The minimum Gasteiger partial charge on any atom is -0.350 e. The third-order valence-electron chi connectivity index (χ3n) is 4.46. The van der Waals surface area contributed by atoms with Crippen molar-refractivity contribution in [1.29, 1.82) is 0 Å². The molecule has 1 spiro atoms. The largest absolute Gasteiger partial charge is 0.350 e. The van der Waals surface area contributed by atoms with Gasteiger partial charge in [0.05, 0.1) is 0 Å². The van der Waals surface area contributed by atoms with E-state index in [2.05, 4.69) is 18.2 Å². The molecule has 1 aromatic rings. The van der Waals surface area contributed by atoms with Crippen LogP contribution < -0.4 is 0 Å². The second-order valence-corrected chi connectivity index (χ2v) is 5.41. The Morgan fingerprint density at radius 2 is 2.11 bits per heavy atom. The fraction of sp³-hybridized carbons (Fsp3) is 0.562. The van der Waals surface area contributed by atoms with E-state index in [-0.39, 0.29) is 17.6 Å². The van der Waals surface area contributed by atoms with E-state index in [0.29, 0.717) is 0 Å². The number of hydrogen-bond acceptors (Lipinski definition) is 2. The second-order valence-electron chi connectivity index (χ2n) is 5.41. The first-order chi connectivity index (χ1) is 9.23. The fourth-order valence-electron chi connectivity index (χ4n) is 3.35. The highest BCUT2D eigenvalue weighted by Crippen LogP contribution is 2.54. The van der Waals surface area contributed by atoms with Crippen molar-refractivity contribution in [3.63, 3.8) is 0 Å². The first kappa shape index (κ1) is 12.7. The lowest BCUT2D eigenvalue weighted by Gasteiger charge is -2.24. The molecule has 102 valence electrons. The molecule has 0 aromatic heterocycles. The minimum absolute atomic E-state index is 0.154. The number of nitrogens with zero attached hydrogens (tertiary/aromatic N) is 1. The van der Waals surface area contributed by atoms with Gasteiger partial charge >= 0.3 is 0 Å². The van der Waals surface area contributed by atoms with Crippen molar-refractivity contribution >= 4 is 5.91 Å². The highest BCUT2D eigenvalue weighted by atomic mass is 16.6. The van der Waals surface area contributed by atoms with Gasteiger partial charge in [0.2, 0.25) is 0 Å². The third kappa shape index (κ3) is 1.88. The lowest BCUT2D eigenvalue weighted by Crippen LogP contribution is -2.37. The monoisotopic (exact) mass is 259 g/mol. The summed E-state index contributed by atoms with van der Waals surface area (Å²) in [5, 5.41) is 0. The Hall–Kier alpha value is -1.35. The molecule has 2 aliphatic rings. The predicted molar refractivity (Wildman–Crippen MR) is 73.9 cm³/mol. The van der Waals surface area contributed by atoms with Crippen LogP contribution in [0.2, 0.25) is 0 Å². The molecule has 0 N–H and O–H groups in total. The molecule has 1 fully saturated rings. The highest BCUT2D eigenvalue weighted by molar-refractivity contribution is 5.85. The van der Waals surface area contributed by atoms with Crippen LogP contribution in [-0.4, -0.2) is 30.0 Å². The van der Waals surface area contributed by atoms with E-state index in [4.69, 9.17) is 4.74 Å². The third-order valence-corrected chi connectivity index (χ3v) is 4.46. The summed E-state index contributed by atoms with van der Waals surface area (Å²) >= 11 is 0. The Balaban J connectivity index is 1.87. The van der Waals surface area contributed by atoms with Gasteiger partial charge in [-0.15, -0.1) is 0 Å². The van der Waals surface area contributed by atoms with Gasteiger partial charge < -0.3 is 9.64 Å². The van der Waals surface area contributed by atoms with E-state index < -0.39 is 0 Å². The predicted octanol–water partition coefficient (Wildman–Crippen LogP) is 2.49. The molecule has 0 radical (unpaired) electrons. The van der Waals surface area contributed by atoms with Gasteiger partial charge in [-0.1, -0.05) is 24.3 Å². The molecule has 19 heavy (non-hydrogen) atoms. The number of amides is 1. The summed E-state index contributed by atoms with van der Waals surface area (Å²) < 4.78 is 5.93. The second kappa shape index (κ2) is 4.64. The summed E-state index contributed by atoms with van der Waals surface area (Å²) in [4.78, 5) is 14.3. The van der Waals surface area contributed by atoms with Crippen LogP contribution in [0.25, 0.3) is 0 Å². The van der Waals surface area contributed by atoms with Crippen molar-refractivity contribution in [1.82, 2.24) is 4.90 Å². The van der Waals surface area contributed by atoms with E-state index in [1.165, 1.54) is 11.1 Å². The molecule has 0 saturated carbocycles. The molecule has 0 bridgehead atoms. The Bertz CT molecular complexity index is 495. The number of fused-ring (bicyclic) bond motifs is 2. The van der Waals surface area contributed by atoms with Crippen LogP contribution in [0.4, 0.5) is 0 Å². The summed E-state index contributed by atoms with van der Waals surface area (Å²) in [5.74, 6) is 0.154. The zero-order chi connectivity index (χ0) is 13.5. The van der Waals surface area contributed by atoms with E-state index in [1.807, 2.05) is 24.8 Å². The number of carbonyl (C=O) groups is 1. The first-order valence-corrected chi connectivity index (χ1v) is 7.28. The van der Waals surface area contributed by atoms with Crippen molar-refractivity contribution in [3.8, 4) is 0 Å². The van der Waals surface area contributed by atoms with Gasteiger partial charge in [-0.25, -0.2) is 0 Å². The molecule has 1 aliphatic heterocycles. The highest BCUT2D eigenvalue weighted by Gasteiger charge is 2.63. The number of epoxide rings is 1. The quantitative estimate of drug-likeness (QED) is 0.781. The van der Waals surface area contributed by atoms with E-state index in [0.717, 1.165) is 32.4 Å². The average molecular weight is 259 g/mol. The van der Waals surface area contributed by atoms with Gasteiger partial charge in [-0.3, -0.25) is 4.79 Å². The van der Waals surface area contributed by atoms with Gasteiger partial charge in [-0.05, 0) is 44.2 Å². The molecule has 1 amide bonds. The molecule has 1 aromatic carbocycles. The molecule has 2 unspecified atom stereocenters. The number of carbonyl (C=O) groups excluding carboxylic acids is 1. The summed E-state index contributed by atoms with van der Waals surface area (Å²) in [7, 11) is 0. The molecule has 2 atom stereocenters. The summed E-state index contributed by atoms with van der Waals surface area (Å²) in [5.41, 5.74) is 2.28. The van der Waals surface area contributed by atoms with Crippen LogP contribution in [0.1, 0.15) is 37.8 Å². The Kier molecular flexibility index (Phi) is 3.09. The number of benzene rings is 1. The Morgan fingerprint density at radius 3 is 2.84 bits per heavy atom. The van der Waals surface area contributed by atoms with Crippen LogP contribution in [0, 0.1) is 0 Å². The van der Waals surface area contributed by atoms with Gasteiger partial charge in [0.1, 0.15) is 5.60 Å². The van der Waals surface area contributed by atoms with Crippen molar-refractivity contribution in [2.24, 2.45) is 0 Å². The minimum atomic E-state index is -0.311. The van der Waals surface area contributed by atoms with Gasteiger partial charge in [-0.2, -0.15) is 0 Å². The average Bonchev–Trinajstić information content (AvgIpc) is 3.16. The standard InChI is InChI=1S/C16H21NO2/c1-3-17(4-2)15(18)14-16(19-14)11-7-9-12-8-5-6-10-13(12)16/h5-6,8,10,14H,3-4,7,9,11H2,1-2H3. The fourth-order valence-corrected chi connectivity index (χ4v) is 3.35. The number of likely N-dealkylation sites (N-methyl/N-ethyl adjacent to an activating group) is 1. The summed E-state index contributed by atoms with van der Waals surface area (Å²) in [6.45, 7) is 5.55. The van der Waals surface area contributed by atoms with Crippen LogP contribution in [0.3, 0.4) is 0 Å². The number of hydrogen-bond donors (Lipinski definition) is 0. The van der Waals surface area contributed by atoms with Crippen molar-refractivity contribution in [3.05, 3.63) is 35.4 Å². The topological polar surface area (TPSA) is 32.8 Å². The van der Waals surface area contributed by atoms with E-state index >= 15 is 0 Å². The molecular weight excluding hydrogens is 238 g/mol. The van der Waals surface area contributed by atoms with E-state index in [1.54, 1.807) is 0 Å². The van der Waals surface area contributed by atoms with Crippen LogP contribution in [0.15, 0.2) is 24.3 Å². The van der Waals surface area contributed by atoms with Crippen molar-refractivity contribution in [2.45, 2.75) is 44.8 Å². The smallest absolute Gasteiger partial charge is 0.255 e. The molecule has 3 rings (SSSR count). The summed E-state index contributed by atoms with van der Waals surface area (Å²) in [6, 6.07) is 8.41. The number of aryl methyl sites for hydroxylation is 1. The molecule has 3 nitrogen and oxygen atoms in total. The number of ether oxygens (including phenoxy) is 1. The summed E-state index contributed by atoms with van der Waals surface area (Å²) in [6.07, 6.45) is 2.93. The molecular formula is C16H21NO2. The lowest BCUT2D eigenvalue weighted by atomic mass is 9.80. The Morgan fingerprint density at radius 1 is 1.37 bits per heavy atom. The maximum Gasteiger partial charge on any atom is 0.255 e. The lowest BCUT2D eigenvalue weighted by molar-refractivity contribution is -0.132. The normalized spacial score (nSPS) is 28.0. The zero-order valence-electron chi connectivity index (χ0n) is 11.7. The van der Waals surface area contributed by atoms with E-state index in [9.17, 15) is 4.79 Å². The molecule has 1 heterocycles. The van der Waals surface area contributed by atoms with Crippen molar-refractivity contribution in [2.75, 3.05) is 13.1 Å².